The lowest BCUT2D eigenvalue weighted by molar-refractivity contribution is -0.384. The van der Waals surface area contributed by atoms with Gasteiger partial charge in [-0.1, -0.05) is 18.2 Å². The summed E-state index contributed by atoms with van der Waals surface area (Å²) in [6.45, 7) is 0.254. The zero-order chi connectivity index (χ0) is 30.0. The first-order valence-corrected chi connectivity index (χ1v) is 14.1. The summed E-state index contributed by atoms with van der Waals surface area (Å²) >= 11 is 1.31. The van der Waals surface area contributed by atoms with E-state index in [1.54, 1.807) is 41.2 Å². The number of pyridine rings is 1. The monoisotopic (exact) mass is 614 g/mol. The molecule has 0 spiro atoms. The summed E-state index contributed by atoms with van der Waals surface area (Å²) in [7, 11) is 0.977. The number of alkyl halides is 3. The van der Waals surface area contributed by atoms with Gasteiger partial charge in [-0.3, -0.25) is 14.4 Å². The molecule has 0 radical (unpaired) electrons. The summed E-state index contributed by atoms with van der Waals surface area (Å²) in [5.41, 5.74) is -0.151. The first-order valence-electron chi connectivity index (χ1n) is 12.2. The van der Waals surface area contributed by atoms with Crippen molar-refractivity contribution in [3.05, 3.63) is 99.7 Å². The fourth-order valence-electron chi connectivity index (χ4n) is 4.33. The van der Waals surface area contributed by atoms with Crippen molar-refractivity contribution in [2.75, 3.05) is 18.5 Å². The number of rotatable bonds is 9. The quantitative estimate of drug-likeness (QED) is 0.130. The molecule has 0 saturated heterocycles. The number of nitrogens with zero attached hydrogens (tertiary/aromatic N) is 4. The van der Waals surface area contributed by atoms with Gasteiger partial charge in [0.05, 0.1) is 47.2 Å². The minimum absolute atomic E-state index is 0.0305. The Hall–Kier alpha value is -4.56. The summed E-state index contributed by atoms with van der Waals surface area (Å²) in [5, 5.41) is 14.5. The van der Waals surface area contributed by atoms with Gasteiger partial charge in [-0.05, 0) is 48.0 Å². The summed E-state index contributed by atoms with van der Waals surface area (Å²) in [6, 6.07) is 14.6. The molecule has 1 unspecified atom stereocenters. The smallest absolute Gasteiger partial charge is 0.416 e. The van der Waals surface area contributed by atoms with Gasteiger partial charge < -0.3 is 9.47 Å². The van der Waals surface area contributed by atoms with Gasteiger partial charge in [-0.2, -0.15) is 13.2 Å². The van der Waals surface area contributed by atoms with E-state index in [-0.39, 0.29) is 34.3 Å². The van der Waals surface area contributed by atoms with Gasteiger partial charge in [0.1, 0.15) is 17.7 Å². The maximum Gasteiger partial charge on any atom is 0.416 e. The highest BCUT2D eigenvalue weighted by molar-refractivity contribution is 7.86. The predicted molar refractivity (Wildman–Crippen MR) is 153 cm³/mol. The Labute approximate surface area is 243 Å². The summed E-state index contributed by atoms with van der Waals surface area (Å²) in [6.07, 6.45) is -2.01. The van der Waals surface area contributed by atoms with Crippen LogP contribution in [0.4, 0.5) is 24.0 Å². The lowest BCUT2D eigenvalue weighted by atomic mass is 9.97. The molecule has 5 rings (SSSR count). The first kappa shape index (κ1) is 29.0. The zero-order valence-corrected chi connectivity index (χ0v) is 23.6. The molecule has 5 aromatic rings. The van der Waals surface area contributed by atoms with Gasteiger partial charge in [0.25, 0.3) is 5.69 Å². The van der Waals surface area contributed by atoms with Crippen LogP contribution < -0.4 is 13.8 Å². The Kier molecular flexibility index (Phi) is 8.09. The Morgan fingerprint density at radius 1 is 1.02 bits per heavy atom. The van der Waals surface area contributed by atoms with Gasteiger partial charge >= 0.3 is 6.18 Å². The van der Waals surface area contributed by atoms with E-state index in [9.17, 15) is 27.5 Å². The largest absolute Gasteiger partial charge is 0.497 e. The van der Waals surface area contributed by atoms with Crippen LogP contribution in [0.25, 0.3) is 22.0 Å². The molecule has 0 aliphatic carbocycles. The summed E-state index contributed by atoms with van der Waals surface area (Å²) in [5.74, 6) is 0.485. The number of benzene rings is 3. The number of anilines is 1. The third kappa shape index (κ3) is 5.76. The van der Waals surface area contributed by atoms with Crippen molar-refractivity contribution in [2.45, 2.75) is 17.6 Å². The van der Waals surface area contributed by atoms with Gasteiger partial charge in [-0.25, -0.2) is 14.2 Å². The molecule has 3 aromatic carbocycles. The van der Waals surface area contributed by atoms with Gasteiger partial charge in [0.15, 0.2) is 16.1 Å². The molecule has 0 saturated carbocycles. The number of hydrogen-bond acceptors (Lipinski definition) is 8. The number of nitro groups is 1. The van der Waals surface area contributed by atoms with Gasteiger partial charge in [0.2, 0.25) is 0 Å². The summed E-state index contributed by atoms with van der Waals surface area (Å²) in [4.78, 5) is 20.2. The maximum atomic E-state index is 13.9. The molecule has 2 heterocycles. The Balaban J connectivity index is 1.60. The summed E-state index contributed by atoms with van der Waals surface area (Å²) < 4.78 is 66.0. The second kappa shape index (κ2) is 11.7. The van der Waals surface area contributed by atoms with Crippen molar-refractivity contribution in [3.8, 4) is 22.6 Å². The molecule has 0 N–H and O–H groups in total. The lowest BCUT2D eigenvalue weighted by Crippen LogP contribution is -2.25. The minimum atomic E-state index is -4.63. The normalized spacial score (nSPS) is 12.2. The van der Waals surface area contributed by atoms with E-state index in [1.807, 2.05) is 12.1 Å². The van der Waals surface area contributed by atoms with E-state index in [1.165, 1.54) is 30.6 Å². The molecule has 0 aliphatic heterocycles. The second-order valence-electron chi connectivity index (χ2n) is 8.82. The molecule has 14 heteroatoms. The van der Waals surface area contributed by atoms with Crippen molar-refractivity contribution >= 4 is 44.0 Å². The molecule has 9 nitrogen and oxygen atoms in total. The average Bonchev–Trinajstić information content (AvgIpc) is 3.53. The van der Waals surface area contributed by atoms with Crippen LogP contribution in [0.5, 0.6) is 11.5 Å². The van der Waals surface area contributed by atoms with Crippen molar-refractivity contribution in [1.82, 2.24) is 9.97 Å². The second-order valence-corrected chi connectivity index (χ2v) is 11.1. The van der Waals surface area contributed by atoms with Crippen LogP contribution in [0, 0.1) is 10.1 Å². The van der Waals surface area contributed by atoms with Crippen molar-refractivity contribution in [3.63, 3.8) is 0 Å². The van der Waals surface area contributed by atoms with Crippen LogP contribution >= 0.6 is 11.3 Å². The molecule has 42 heavy (non-hydrogen) atoms. The number of thiazole rings is 1. The molecule has 1 atom stereocenters. The van der Waals surface area contributed by atoms with Crippen LogP contribution in [-0.2, 0) is 23.7 Å². The van der Waals surface area contributed by atoms with Crippen LogP contribution in [0.3, 0.4) is 0 Å². The van der Waals surface area contributed by atoms with E-state index in [0.29, 0.717) is 15.8 Å². The highest BCUT2D eigenvalue weighted by Crippen LogP contribution is 2.43. The number of fused-ring (bicyclic) bond motifs is 1. The fourth-order valence-corrected chi connectivity index (χ4v) is 6.31. The number of methoxy groups -OCH3 is 2. The molecular weight excluding hydrogens is 593 g/mol. The third-order valence-electron chi connectivity index (χ3n) is 6.34. The third-order valence-corrected chi connectivity index (χ3v) is 8.60. The predicted octanol–water partition coefficient (Wildman–Crippen LogP) is 7.03. The standard InChI is InChI=1S/C28H21F3N4O5S2/c1-39-19-6-3-17(4-7-19)16-34(27-32-11-12-41-27)42(38)20-8-10-21-23(14-20)33-15-24(35(36)37)26(21)22-9-5-18(28(29,30)31)13-25(22)40-2/h3-15H,16H2,1-2H3. The number of ether oxygens (including phenoxy) is 2. The van der Waals surface area contributed by atoms with Crippen LogP contribution in [0.2, 0.25) is 0 Å². The molecule has 0 amide bonds. The Morgan fingerprint density at radius 2 is 1.79 bits per heavy atom. The fraction of sp³-hybridized carbons (Fsp3) is 0.143. The highest BCUT2D eigenvalue weighted by Gasteiger charge is 2.32. The van der Waals surface area contributed by atoms with Gasteiger partial charge in [0, 0.05) is 22.5 Å². The molecule has 216 valence electrons. The lowest BCUT2D eigenvalue weighted by Gasteiger charge is -2.21. The van der Waals surface area contributed by atoms with Crippen molar-refractivity contribution in [1.29, 1.82) is 0 Å². The first-order chi connectivity index (χ1) is 20.1. The molecule has 0 fully saturated rings. The van der Waals surface area contributed by atoms with E-state index in [0.717, 1.165) is 30.0 Å². The molecule has 2 aromatic heterocycles. The Bertz CT molecular complexity index is 1780. The van der Waals surface area contributed by atoms with Crippen molar-refractivity contribution in [2.24, 2.45) is 0 Å². The average molecular weight is 615 g/mol. The van der Waals surface area contributed by atoms with Crippen LogP contribution in [0.15, 0.2) is 83.3 Å². The van der Waals surface area contributed by atoms with Gasteiger partial charge in [-0.15, -0.1) is 11.3 Å². The number of aromatic nitrogens is 2. The topological polar surface area (TPSA) is 108 Å². The molecule has 0 aliphatic rings. The van der Waals surface area contributed by atoms with E-state index in [2.05, 4.69) is 9.97 Å². The Morgan fingerprint density at radius 3 is 2.40 bits per heavy atom. The minimum Gasteiger partial charge on any atom is -0.497 e. The van der Waals surface area contributed by atoms with Crippen LogP contribution in [0.1, 0.15) is 11.1 Å². The van der Waals surface area contributed by atoms with E-state index in [4.69, 9.17) is 9.47 Å². The van der Waals surface area contributed by atoms with Crippen LogP contribution in [-0.4, -0.2) is 33.3 Å². The zero-order valence-electron chi connectivity index (χ0n) is 22.0. The SMILES string of the molecule is COc1ccc(CN(c2nccs2)S(=O)c2ccc3c(-c4ccc(C(F)(F)F)cc4OC)c([N+](=O)[O-])cnc3c2)cc1. The van der Waals surface area contributed by atoms with Crippen molar-refractivity contribution < 1.29 is 31.8 Å². The molecule has 0 bridgehead atoms. The van der Waals surface area contributed by atoms with E-state index < -0.39 is 33.3 Å². The highest BCUT2D eigenvalue weighted by atomic mass is 32.2. The number of hydrogen-bond donors (Lipinski definition) is 0. The number of halogens is 3. The maximum absolute atomic E-state index is 13.9. The van der Waals surface area contributed by atoms with E-state index >= 15 is 0 Å². The molecular formula is C28H21F3N4O5S2.